The molecule has 0 fully saturated rings. The molecule has 4 aromatic rings. The third-order valence-electron chi connectivity index (χ3n) is 5.34. The third kappa shape index (κ3) is 4.99. The second kappa shape index (κ2) is 9.62. The summed E-state index contributed by atoms with van der Waals surface area (Å²) in [7, 11) is 0. The summed E-state index contributed by atoms with van der Waals surface area (Å²) in [6.45, 7) is 4.91. The zero-order chi connectivity index (χ0) is 24.2. The minimum absolute atomic E-state index is 0.0156. The Kier molecular flexibility index (Phi) is 6.45. The predicted molar refractivity (Wildman–Crippen MR) is 132 cm³/mol. The number of fused-ring (bicyclic) bond motifs is 1. The van der Waals surface area contributed by atoms with Crippen LogP contribution >= 0.6 is 0 Å². The topological polar surface area (TPSA) is 97.6 Å². The van der Waals surface area contributed by atoms with Gasteiger partial charge in [-0.2, -0.15) is 0 Å². The van der Waals surface area contributed by atoms with E-state index in [9.17, 15) is 14.4 Å². The predicted octanol–water partition coefficient (Wildman–Crippen LogP) is 5.05. The third-order valence-corrected chi connectivity index (χ3v) is 5.34. The first-order chi connectivity index (χ1) is 16.3. The monoisotopic (exact) mass is 456 g/mol. The van der Waals surface area contributed by atoms with Crippen molar-refractivity contribution in [1.82, 2.24) is 0 Å². The van der Waals surface area contributed by atoms with Crippen molar-refractivity contribution >= 4 is 34.2 Å². The number of rotatable bonds is 6. The van der Waals surface area contributed by atoms with Crippen LogP contribution in [0.4, 0.5) is 11.4 Å². The molecule has 0 spiro atoms. The second-order valence-electron chi connectivity index (χ2n) is 7.98. The molecule has 34 heavy (non-hydrogen) atoms. The first kappa shape index (κ1) is 22.8. The Labute approximate surface area is 196 Å². The van der Waals surface area contributed by atoms with Crippen molar-refractivity contribution in [3.05, 3.63) is 88.1 Å². The van der Waals surface area contributed by atoms with E-state index in [0.29, 0.717) is 27.9 Å². The maximum Gasteiger partial charge on any atom is 0.262 e. The number of nitrogens with one attached hydrogen (secondary N) is 2. The molecule has 1 heterocycles. The fourth-order valence-electron chi connectivity index (χ4n) is 3.52. The first-order valence-corrected chi connectivity index (χ1v) is 10.8. The molecule has 0 saturated carbocycles. The van der Waals surface area contributed by atoms with Crippen molar-refractivity contribution in [2.24, 2.45) is 0 Å². The molecule has 0 atom stereocenters. The van der Waals surface area contributed by atoms with Crippen LogP contribution in [0.1, 0.15) is 18.1 Å². The lowest BCUT2D eigenvalue weighted by atomic mass is 10.0. The van der Waals surface area contributed by atoms with Crippen LogP contribution in [0, 0.1) is 13.8 Å². The van der Waals surface area contributed by atoms with E-state index < -0.39 is 5.91 Å². The fraction of sp³-hybridized carbons (Fsp3) is 0.148. The van der Waals surface area contributed by atoms with Crippen LogP contribution in [-0.2, 0) is 9.59 Å². The van der Waals surface area contributed by atoms with Crippen LogP contribution < -0.4 is 20.8 Å². The Bertz CT molecular complexity index is 1420. The molecule has 0 aliphatic rings. The summed E-state index contributed by atoms with van der Waals surface area (Å²) in [6, 6.07) is 19.4. The molecule has 0 bridgehead atoms. The quantitative estimate of drug-likeness (QED) is 0.423. The molecular formula is C27H24N2O5. The number of hydrogen-bond donors (Lipinski definition) is 2. The van der Waals surface area contributed by atoms with Gasteiger partial charge in [0.25, 0.3) is 5.91 Å². The van der Waals surface area contributed by atoms with Gasteiger partial charge in [-0.3, -0.25) is 14.4 Å². The highest BCUT2D eigenvalue weighted by Gasteiger charge is 2.19. The highest BCUT2D eigenvalue weighted by atomic mass is 16.5. The van der Waals surface area contributed by atoms with E-state index in [-0.39, 0.29) is 29.5 Å². The number of anilines is 2. The maximum absolute atomic E-state index is 13.3. The van der Waals surface area contributed by atoms with Gasteiger partial charge in [0.2, 0.25) is 17.1 Å². The minimum atomic E-state index is -0.439. The van der Waals surface area contributed by atoms with Gasteiger partial charge >= 0.3 is 0 Å². The first-order valence-electron chi connectivity index (χ1n) is 10.8. The highest BCUT2D eigenvalue weighted by Crippen LogP contribution is 2.31. The van der Waals surface area contributed by atoms with Gasteiger partial charge in [0.15, 0.2) is 12.4 Å². The smallest absolute Gasteiger partial charge is 0.262 e. The van der Waals surface area contributed by atoms with Crippen LogP contribution in [0.25, 0.3) is 22.3 Å². The van der Waals surface area contributed by atoms with E-state index in [2.05, 4.69) is 10.6 Å². The van der Waals surface area contributed by atoms with Gasteiger partial charge in [0, 0.05) is 23.9 Å². The fourth-order valence-corrected chi connectivity index (χ4v) is 3.52. The molecule has 4 rings (SSSR count). The number of amides is 2. The van der Waals surface area contributed by atoms with Gasteiger partial charge in [-0.15, -0.1) is 0 Å². The van der Waals surface area contributed by atoms with Crippen LogP contribution in [-0.4, -0.2) is 18.4 Å². The summed E-state index contributed by atoms with van der Waals surface area (Å²) in [4.78, 5) is 37.0. The molecule has 7 heteroatoms. The van der Waals surface area contributed by atoms with Crippen molar-refractivity contribution in [3.63, 3.8) is 0 Å². The summed E-state index contributed by atoms with van der Waals surface area (Å²) >= 11 is 0. The number of hydrogen-bond acceptors (Lipinski definition) is 5. The summed E-state index contributed by atoms with van der Waals surface area (Å²) in [5.41, 5.74) is 3.91. The van der Waals surface area contributed by atoms with Crippen LogP contribution in [0.2, 0.25) is 0 Å². The van der Waals surface area contributed by atoms with Gasteiger partial charge in [-0.1, -0.05) is 30.3 Å². The Morgan fingerprint density at radius 2 is 1.50 bits per heavy atom. The molecular weight excluding hydrogens is 432 g/mol. The summed E-state index contributed by atoms with van der Waals surface area (Å²) in [5.74, 6) is -0.364. The van der Waals surface area contributed by atoms with E-state index in [4.69, 9.17) is 9.15 Å². The van der Waals surface area contributed by atoms with E-state index in [1.807, 2.05) is 50.2 Å². The van der Waals surface area contributed by atoms with E-state index in [1.54, 1.807) is 30.3 Å². The largest absolute Gasteiger partial charge is 0.476 e. The zero-order valence-corrected chi connectivity index (χ0v) is 19.1. The Morgan fingerprint density at radius 1 is 0.882 bits per heavy atom. The SMILES string of the molecule is CC(=O)Nc1ccc(NC(=O)COc2c(-c3ccccc3)oc3cc(C)c(C)cc3c2=O)cc1. The number of carbonyl (C=O) groups is 2. The zero-order valence-electron chi connectivity index (χ0n) is 19.1. The van der Waals surface area contributed by atoms with Crippen molar-refractivity contribution in [2.75, 3.05) is 17.2 Å². The van der Waals surface area contributed by atoms with E-state index in [0.717, 1.165) is 11.1 Å². The number of ether oxygens (including phenoxy) is 1. The molecule has 0 unspecified atom stereocenters. The van der Waals surface area contributed by atoms with Crippen LogP contribution in [0.5, 0.6) is 5.75 Å². The average Bonchev–Trinajstić information content (AvgIpc) is 2.81. The van der Waals surface area contributed by atoms with Crippen molar-refractivity contribution in [1.29, 1.82) is 0 Å². The lowest BCUT2D eigenvalue weighted by Crippen LogP contribution is -2.22. The lowest BCUT2D eigenvalue weighted by Gasteiger charge is -2.13. The molecule has 0 aliphatic carbocycles. The average molecular weight is 456 g/mol. The van der Waals surface area contributed by atoms with Gasteiger partial charge in [0.1, 0.15) is 5.58 Å². The van der Waals surface area contributed by atoms with Gasteiger partial charge in [-0.25, -0.2) is 0 Å². The maximum atomic E-state index is 13.3. The molecule has 2 N–H and O–H groups in total. The molecule has 0 radical (unpaired) electrons. The van der Waals surface area contributed by atoms with Gasteiger partial charge < -0.3 is 19.8 Å². The van der Waals surface area contributed by atoms with E-state index >= 15 is 0 Å². The standard InChI is InChI=1S/C27H24N2O5/c1-16-13-22-23(14-17(16)2)34-26(19-7-5-4-6-8-19)27(25(22)32)33-15-24(31)29-21-11-9-20(10-12-21)28-18(3)30/h4-14H,15H2,1-3H3,(H,28,30)(H,29,31). The van der Waals surface area contributed by atoms with Crippen molar-refractivity contribution in [3.8, 4) is 17.1 Å². The molecule has 0 saturated heterocycles. The number of benzene rings is 3. The lowest BCUT2D eigenvalue weighted by molar-refractivity contribution is -0.118. The molecule has 1 aromatic heterocycles. The minimum Gasteiger partial charge on any atom is -0.476 e. The molecule has 2 amide bonds. The summed E-state index contributed by atoms with van der Waals surface area (Å²) < 4.78 is 11.8. The van der Waals surface area contributed by atoms with Gasteiger partial charge in [0.05, 0.1) is 5.39 Å². The Hall–Kier alpha value is -4.39. The molecule has 7 nitrogen and oxygen atoms in total. The van der Waals surface area contributed by atoms with E-state index in [1.165, 1.54) is 6.92 Å². The van der Waals surface area contributed by atoms with Crippen LogP contribution in [0.3, 0.4) is 0 Å². The Morgan fingerprint density at radius 3 is 2.15 bits per heavy atom. The molecule has 3 aromatic carbocycles. The van der Waals surface area contributed by atoms with Crippen LogP contribution in [0.15, 0.2) is 75.9 Å². The highest BCUT2D eigenvalue weighted by molar-refractivity contribution is 5.93. The second-order valence-corrected chi connectivity index (χ2v) is 7.98. The van der Waals surface area contributed by atoms with Gasteiger partial charge in [-0.05, 0) is 61.4 Å². The number of carbonyl (C=O) groups excluding carboxylic acids is 2. The Balaban J connectivity index is 1.61. The molecule has 0 aliphatic heterocycles. The molecule has 172 valence electrons. The summed E-state index contributed by atoms with van der Waals surface area (Å²) in [6.07, 6.45) is 0. The number of aryl methyl sites for hydroxylation is 2. The summed E-state index contributed by atoms with van der Waals surface area (Å²) in [5, 5.41) is 5.77. The van der Waals surface area contributed by atoms with Crippen molar-refractivity contribution in [2.45, 2.75) is 20.8 Å². The normalized spacial score (nSPS) is 10.7. The van der Waals surface area contributed by atoms with Crippen molar-refractivity contribution < 1.29 is 18.7 Å².